The standard InChI is InChI=1S/C18H31N3/c1-14(2)15-5-3-6-16(10-9-15)20-17-7-4-8-18(17)21-12-11-19-13-21/h11-18,20H,3-10H2,1-2H3. The maximum atomic E-state index is 4.23. The van der Waals surface area contributed by atoms with Gasteiger partial charge in [-0.05, 0) is 50.4 Å². The van der Waals surface area contributed by atoms with Crippen molar-refractivity contribution in [2.24, 2.45) is 11.8 Å². The molecule has 4 unspecified atom stereocenters. The van der Waals surface area contributed by atoms with Gasteiger partial charge in [-0.2, -0.15) is 0 Å². The Balaban J connectivity index is 1.56. The van der Waals surface area contributed by atoms with Crippen molar-refractivity contribution in [3.63, 3.8) is 0 Å². The number of nitrogens with zero attached hydrogens (tertiary/aromatic N) is 2. The second-order valence-electron chi connectivity index (χ2n) is 7.49. The molecule has 1 N–H and O–H groups in total. The Morgan fingerprint density at radius 1 is 1.05 bits per heavy atom. The first kappa shape index (κ1) is 15.1. The highest BCUT2D eigenvalue weighted by Crippen LogP contribution is 2.33. The third-order valence-electron chi connectivity index (χ3n) is 5.79. The van der Waals surface area contributed by atoms with Gasteiger partial charge in [0.15, 0.2) is 0 Å². The van der Waals surface area contributed by atoms with E-state index in [1.165, 1.54) is 51.4 Å². The molecule has 0 amide bonds. The van der Waals surface area contributed by atoms with Crippen LogP contribution in [-0.4, -0.2) is 21.6 Å². The first-order chi connectivity index (χ1) is 10.2. The van der Waals surface area contributed by atoms with Crippen molar-refractivity contribution in [2.45, 2.75) is 83.3 Å². The summed E-state index contributed by atoms with van der Waals surface area (Å²) in [5.74, 6) is 1.80. The van der Waals surface area contributed by atoms with E-state index in [1.54, 1.807) is 0 Å². The molecule has 2 aliphatic carbocycles. The zero-order valence-electron chi connectivity index (χ0n) is 13.7. The maximum Gasteiger partial charge on any atom is 0.0949 e. The van der Waals surface area contributed by atoms with Crippen molar-refractivity contribution in [2.75, 3.05) is 0 Å². The van der Waals surface area contributed by atoms with E-state index < -0.39 is 0 Å². The highest BCUT2D eigenvalue weighted by Gasteiger charge is 2.31. The maximum absolute atomic E-state index is 4.23. The molecule has 0 aliphatic heterocycles. The summed E-state index contributed by atoms with van der Waals surface area (Å²) in [6.45, 7) is 4.79. The van der Waals surface area contributed by atoms with E-state index in [0.717, 1.165) is 17.9 Å². The Kier molecular flexibility index (Phi) is 4.99. The Bertz CT molecular complexity index is 412. The Hall–Kier alpha value is -0.830. The van der Waals surface area contributed by atoms with E-state index in [1.807, 2.05) is 12.5 Å². The molecule has 2 saturated carbocycles. The molecule has 1 aromatic rings. The second kappa shape index (κ2) is 6.95. The number of imidazole rings is 1. The molecule has 3 heteroatoms. The molecule has 1 heterocycles. The lowest BCUT2D eigenvalue weighted by Gasteiger charge is -2.27. The van der Waals surface area contributed by atoms with Gasteiger partial charge in [-0.3, -0.25) is 0 Å². The van der Waals surface area contributed by atoms with Gasteiger partial charge < -0.3 is 9.88 Å². The lowest BCUT2D eigenvalue weighted by molar-refractivity contribution is 0.316. The SMILES string of the molecule is CC(C)C1CCCC(NC2CCCC2n2ccnc2)CC1. The molecular weight excluding hydrogens is 258 g/mol. The zero-order valence-corrected chi connectivity index (χ0v) is 13.7. The molecule has 0 aromatic carbocycles. The lowest BCUT2D eigenvalue weighted by Crippen LogP contribution is -2.40. The molecule has 0 radical (unpaired) electrons. The van der Waals surface area contributed by atoms with Gasteiger partial charge in [0.2, 0.25) is 0 Å². The van der Waals surface area contributed by atoms with Crippen LogP contribution in [0.2, 0.25) is 0 Å². The molecule has 1 aromatic heterocycles. The predicted octanol–water partition coefficient (Wildman–Crippen LogP) is 4.17. The largest absolute Gasteiger partial charge is 0.333 e. The van der Waals surface area contributed by atoms with E-state index in [0.29, 0.717) is 12.1 Å². The third kappa shape index (κ3) is 3.68. The van der Waals surface area contributed by atoms with E-state index in [9.17, 15) is 0 Å². The number of rotatable bonds is 4. The van der Waals surface area contributed by atoms with Gasteiger partial charge in [0.05, 0.1) is 6.33 Å². The summed E-state index contributed by atoms with van der Waals surface area (Å²) in [6.07, 6.45) is 17.0. The summed E-state index contributed by atoms with van der Waals surface area (Å²) in [5, 5.41) is 4.01. The fourth-order valence-electron chi connectivity index (χ4n) is 4.42. The highest BCUT2D eigenvalue weighted by molar-refractivity contribution is 4.93. The smallest absolute Gasteiger partial charge is 0.0949 e. The van der Waals surface area contributed by atoms with Gasteiger partial charge in [0, 0.05) is 30.5 Å². The molecule has 4 atom stereocenters. The number of hydrogen-bond donors (Lipinski definition) is 1. The summed E-state index contributed by atoms with van der Waals surface area (Å²) in [5.41, 5.74) is 0. The average molecular weight is 289 g/mol. The topological polar surface area (TPSA) is 29.9 Å². The van der Waals surface area contributed by atoms with Crippen LogP contribution in [0.3, 0.4) is 0 Å². The van der Waals surface area contributed by atoms with Crippen LogP contribution in [-0.2, 0) is 0 Å². The summed E-state index contributed by atoms with van der Waals surface area (Å²) in [6, 6.07) is 2.01. The molecule has 0 saturated heterocycles. The van der Waals surface area contributed by atoms with Crippen LogP contribution in [0.15, 0.2) is 18.7 Å². The molecule has 2 fully saturated rings. The van der Waals surface area contributed by atoms with Crippen molar-refractivity contribution in [1.82, 2.24) is 14.9 Å². The average Bonchev–Trinajstić information content (AvgIpc) is 3.07. The minimum absolute atomic E-state index is 0.622. The van der Waals surface area contributed by atoms with E-state index in [-0.39, 0.29) is 0 Å². The molecule has 3 rings (SSSR count). The highest BCUT2D eigenvalue weighted by atomic mass is 15.1. The first-order valence-corrected chi connectivity index (χ1v) is 8.97. The number of nitrogens with one attached hydrogen (secondary N) is 1. The molecule has 2 aliphatic rings. The summed E-state index contributed by atoms with van der Waals surface area (Å²) in [4.78, 5) is 4.23. The monoisotopic (exact) mass is 289 g/mol. The number of hydrogen-bond acceptors (Lipinski definition) is 2. The summed E-state index contributed by atoms with van der Waals surface area (Å²) in [7, 11) is 0. The minimum atomic E-state index is 0.622. The van der Waals surface area contributed by atoms with Gasteiger partial charge in [-0.1, -0.05) is 26.7 Å². The van der Waals surface area contributed by atoms with Crippen LogP contribution < -0.4 is 5.32 Å². The molecule has 0 bridgehead atoms. The van der Waals surface area contributed by atoms with Crippen molar-refractivity contribution < 1.29 is 0 Å². The molecule has 21 heavy (non-hydrogen) atoms. The van der Waals surface area contributed by atoms with E-state index >= 15 is 0 Å². The lowest BCUT2D eigenvalue weighted by atomic mass is 9.89. The van der Waals surface area contributed by atoms with Crippen molar-refractivity contribution in [3.8, 4) is 0 Å². The van der Waals surface area contributed by atoms with Crippen molar-refractivity contribution >= 4 is 0 Å². The van der Waals surface area contributed by atoms with Crippen molar-refractivity contribution in [1.29, 1.82) is 0 Å². The molecular formula is C18H31N3. The van der Waals surface area contributed by atoms with Gasteiger partial charge >= 0.3 is 0 Å². The van der Waals surface area contributed by atoms with E-state index in [2.05, 4.69) is 34.9 Å². The Morgan fingerprint density at radius 2 is 1.90 bits per heavy atom. The number of aromatic nitrogens is 2. The van der Waals surface area contributed by atoms with Crippen LogP contribution >= 0.6 is 0 Å². The Morgan fingerprint density at radius 3 is 2.67 bits per heavy atom. The molecule has 0 spiro atoms. The fraction of sp³-hybridized carbons (Fsp3) is 0.833. The van der Waals surface area contributed by atoms with Crippen LogP contribution in [0.25, 0.3) is 0 Å². The second-order valence-corrected chi connectivity index (χ2v) is 7.49. The van der Waals surface area contributed by atoms with Gasteiger partial charge in [0.25, 0.3) is 0 Å². The van der Waals surface area contributed by atoms with Gasteiger partial charge in [0.1, 0.15) is 0 Å². The molecule has 3 nitrogen and oxygen atoms in total. The minimum Gasteiger partial charge on any atom is -0.333 e. The van der Waals surface area contributed by atoms with Gasteiger partial charge in [-0.25, -0.2) is 4.98 Å². The van der Waals surface area contributed by atoms with Crippen molar-refractivity contribution in [3.05, 3.63) is 18.7 Å². The summed E-state index contributed by atoms with van der Waals surface area (Å²) < 4.78 is 2.32. The van der Waals surface area contributed by atoms with E-state index in [4.69, 9.17) is 0 Å². The van der Waals surface area contributed by atoms with Crippen LogP contribution in [0.5, 0.6) is 0 Å². The van der Waals surface area contributed by atoms with Crippen LogP contribution in [0.4, 0.5) is 0 Å². The van der Waals surface area contributed by atoms with Gasteiger partial charge in [-0.15, -0.1) is 0 Å². The predicted molar refractivity (Wildman–Crippen MR) is 87.2 cm³/mol. The first-order valence-electron chi connectivity index (χ1n) is 8.97. The Labute approximate surface area is 129 Å². The summed E-state index contributed by atoms with van der Waals surface area (Å²) >= 11 is 0. The van der Waals surface area contributed by atoms with Crippen LogP contribution in [0, 0.1) is 11.8 Å². The molecule has 118 valence electrons. The normalized spacial score (nSPS) is 34.2. The third-order valence-corrected chi connectivity index (χ3v) is 5.79. The van der Waals surface area contributed by atoms with Crippen LogP contribution in [0.1, 0.15) is 71.3 Å². The quantitative estimate of drug-likeness (QED) is 0.843. The zero-order chi connectivity index (χ0) is 14.7. The fourth-order valence-corrected chi connectivity index (χ4v) is 4.42.